The maximum atomic E-state index is 5.67. The number of ether oxygens (including phenoxy) is 3. The summed E-state index contributed by atoms with van der Waals surface area (Å²) in [7, 11) is 5.13. The molecule has 0 fully saturated rings. The van der Waals surface area contributed by atoms with Crippen molar-refractivity contribution in [2.45, 2.75) is 13.5 Å². The van der Waals surface area contributed by atoms with E-state index in [0.29, 0.717) is 37.2 Å². The van der Waals surface area contributed by atoms with Crippen LogP contribution in [0.15, 0.2) is 18.2 Å². The van der Waals surface area contributed by atoms with Crippen molar-refractivity contribution in [2.24, 2.45) is 7.05 Å². The molecule has 1 aromatic heterocycles. The van der Waals surface area contributed by atoms with Gasteiger partial charge < -0.3 is 19.5 Å². The molecule has 1 aromatic carbocycles. The molecule has 120 valence electrons. The summed E-state index contributed by atoms with van der Waals surface area (Å²) in [4.78, 5) is 4.31. The smallest absolute Gasteiger partial charge is 0.242 e. The van der Waals surface area contributed by atoms with Crippen LogP contribution in [0.4, 0.5) is 5.95 Å². The average molecular weight is 306 g/mol. The molecule has 0 saturated heterocycles. The highest BCUT2D eigenvalue weighted by atomic mass is 16.5. The molecule has 0 saturated carbocycles. The van der Waals surface area contributed by atoms with Gasteiger partial charge in [-0.05, 0) is 24.6 Å². The highest BCUT2D eigenvalue weighted by Crippen LogP contribution is 2.28. The molecule has 1 N–H and O–H groups in total. The Kier molecular flexibility index (Phi) is 5.60. The maximum Gasteiger partial charge on any atom is 0.242 e. The fraction of sp³-hybridized carbons (Fsp3) is 0.467. The van der Waals surface area contributed by atoms with Crippen molar-refractivity contribution in [3.05, 3.63) is 29.6 Å². The molecule has 0 spiro atoms. The second-order valence-electron chi connectivity index (χ2n) is 4.79. The lowest BCUT2D eigenvalue weighted by molar-refractivity contribution is 0.144. The third-order valence-corrected chi connectivity index (χ3v) is 3.20. The van der Waals surface area contributed by atoms with Gasteiger partial charge in [0.05, 0.1) is 13.7 Å². The Balaban J connectivity index is 2.02. The number of methoxy groups -OCH3 is 2. The van der Waals surface area contributed by atoms with E-state index < -0.39 is 0 Å². The van der Waals surface area contributed by atoms with Gasteiger partial charge in [-0.25, -0.2) is 0 Å². The van der Waals surface area contributed by atoms with Gasteiger partial charge in [-0.15, -0.1) is 5.10 Å². The van der Waals surface area contributed by atoms with Gasteiger partial charge in [-0.1, -0.05) is 6.07 Å². The molecule has 7 nitrogen and oxygen atoms in total. The third kappa shape index (κ3) is 4.11. The molecule has 0 amide bonds. The molecule has 22 heavy (non-hydrogen) atoms. The number of aryl methyl sites for hydroxylation is 2. The molecule has 0 atom stereocenters. The first kappa shape index (κ1) is 16.1. The molecule has 0 radical (unpaired) electrons. The number of nitrogens with zero attached hydrogens (tertiary/aromatic N) is 3. The highest BCUT2D eigenvalue weighted by molar-refractivity contribution is 5.43. The topological polar surface area (TPSA) is 70.4 Å². The molecule has 0 bridgehead atoms. The third-order valence-electron chi connectivity index (χ3n) is 3.20. The number of benzene rings is 1. The standard InChI is InChI=1S/C15H22N4O3/c1-11-17-15(18-19(11)2)16-10-12-5-6-13(21-4)14(9-12)22-8-7-20-3/h5-6,9H,7-8,10H2,1-4H3,(H,16,18). The second kappa shape index (κ2) is 7.65. The van der Waals surface area contributed by atoms with Gasteiger partial charge in [0.2, 0.25) is 5.95 Å². The van der Waals surface area contributed by atoms with E-state index >= 15 is 0 Å². The van der Waals surface area contributed by atoms with Crippen LogP contribution in [0.3, 0.4) is 0 Å². The largest absolute Gasteiger partial charge is 0.493 e. The summed E-state index contributed by atoms with van der Waals surface area (Å²) in [6.45, 7) is 3.52. The lowest BCUT2D eigenvalue weighted by Crippen LogP contribution is -2.07. The van der Waals surface area contributed by atoms with Gasteiger partial charge in [-0.3, -0.25) is 4.68 Å². The SMILES string of the molecule is COCCOc1cc(CNc2nc(C)n(C)n2)ccc1OC. The van der Waals surface area contributed by atoms with Crippen molar-refractivity contribution in [1.82, 2.24) is 14.8 Å². The minimum absolute atomic E-state index is 0.477. The molecule has 2 aromatic rings. The Morgan fingerprint density at radius 2 is 2.00 bits per heavy atom. The predicted molar refractivity (Wildman–Crippen MR) is 83.4 cm³/mol. The van der Waals surface area contributed by atoms with Crippen molar-refractivity contribution < 1.29 is 14.2 Å². The van der Waals surface area contributed by atoms with Crippen molar-refractivity contribution in [2.75, 3.05) is 32.8 Å². The van der Waals surface area contributed by atoms with Crippen LogP contribution >= 0.6 is 0 Å². The van der Waals surface area contributed by atoms with Crippen LogP contribution in [-0.4, -0.2) is 42.2 Å². The van der Waals surface area contributed by atoms with Gasteiger partial charge in [0.25, 0.3) is 0 Å². The first-order chi connectivity index (χ1) is 10.6. The Hall–Kier alpha value is -2.28. The van der Waals surface area contributed by atoms with Gasteiger partial charge in [0.1, 0.15) is 12.4 Å². The molecule has 7 heteroatoms. The normalized spacial score (nSPS) is 10.5. The molecular weight excluding hydrogens is 284 g/mol. The van der Waals surface area contributed by atoms with Gasteiger partial charge in [-0.2, -0.15) is 4.98 Å². The Labute approximate surface area is 130 Å². The summed E-state index contributed by atoms with van der Waals surface area (Å²) < 4.78 is 17.7. The zero-order chi connectivity index (χ0) is 15.9. The minimum Gasteiger partial charge on any atom is -0.493 e. The molecule has 0 aliphatic rings. The molecule has 2 rings (SSSR count). The van der Waals surface area contributed by atoms with Crippen LogP contribution in [0.2, 0.25) is 0 Å². The molecule has 1 heterocycles. The van der Waals surface area contributed by atoms with Crippen LogP contribution < -0.4 is 14.8 Å². The van der Waals surface area contributed by atoms with Crippen molar-refractivity contribution in [1.29, 1.82) is 0 Å². The Bertz CT molecular complexity index is 593. The summed E-state index contributed by atoms with van der Waals surface area (Å²) in [6.07, 6.45) is 0. The zero-order valence-electron chi connectivity index (χ0n) is 13.4. The molecule has 0 aliphatic heterocycles. The molecular formula is C15H22N4O3. The van der Waals surface area contributed by atoms with E-state index in [1.807, 2.05) is 32.2 Å². The zero-order valence-corrected chi connectivity index (χ0v) is 13.4. The van der Waals surface area contributed by atoms with E-state index in [-0.39, 0.29) is 0 Å². The van der Waals surface area contributed by atoms with Gasteiger partial charge in [0, 0.05) is 20.7 Å². The summed E-state index contributed by atoms with van der Waals surface area (Å²) in [5.41, 5.74) is 1.05. The maximum absolute atomic E-state index is 5.67. The van der Waals surface area contributed by atoms with E-state index in [4.69, 9.17) is 14.2 Å². The number of aromatic nitrogens is 3. The number of hydrogen-bond donors (Lipinski definition) is 1. The number of nitrogens with one attached hydrogen (secondary N) is 1. The van der Waals surface area contributed by atoms with Gasteiger partial charge in [0.15, 0.2) is 11.5 Å². The summed E-state index contributed by atoms with van der Waals surface area (Å²) in [5, 5.41) is 7.45. The van der Waals surface area contributed by atoms with E-state index in [0.717, 1.165) is 11.4 Å². The Morgan fingerprint density at radius 1 is 1.18 bits per heavy atom. The first-order valence-electron chi connectivity index (χ1n) is 7.04. The number of hydrogen-bond acceptors (Lipinski definition) is 6. The van der Waals surface area contributed by atoms with Gasteiger partial charge >= 0.3 is 0 Å². The number of rotatable bonds is 8. The van der Waals surface area contributed by atoms with Crippen LogP contribution in [0.25, 0.3) is 0 Å². The lowest BCUT2D eigenvalue weighted by atomic mass is 10.2. The minimum atomic E-state index is 0.477. The average Bonchev–Trinajstić information content (AvgIpc) is 2.84. The quantitative estimate of drug-likeness (QED) is 0.750. The second-order valence-corrected chi connectivity index (χ2v) is 4.79. The van der Waals surface area contributed by atoms with Crippen LogP contribution in [-0.2, 0) is 18.3 Å². The van der Waals surface area contributed by atoms with Crippen LogP contribution in [0, 0.1) is 6.92 Å². The van der Waals surface area contributed by atoms with E-state index in [2.05, 4.69) is 15.4 Å². The highest BCUT2D eigenvalue weighted by Gasteiger charge is 2.07. The number of anilines is 1. The predicted octanol–water partition coefficient (Wildman–Crippen LogP) is 1.77. The van der Waals surface area contributed by atoms with E-state index in [9.17, 15) is 0 Å². The Morgan fingerprint density at radius 3 is 2.64 bits per heavy atom. The lowest BCUT2D eigenvalue weighted by Gasteiger charge is -2.12. The van der Waals surface area contributed by atoms with Crippen LogP contribution in [0.1, 0.15) is 11.4 Å². The van der Waals surface area contributed by atoms with Crippen LogP contribution in [0.5, 0.6) is 11.5 Å². The molecule has 0 aliphatic carbocycles. The van der Waals surface area contributed by atoms with Crippen molar-refractivity contribution in [3.63, 3.8) is 0 Å². The van der Waals surface area contributed by atoms with E-state index in [1.54, 1.807) is 18.9 Å². The summed E-state index contributed by atoms with van der Waals surface area (Å²) in [5.74, 6) is 2.87. The van der Waals surface area contributed by atoms with Crippen molar-refractivity contribution >= 4 is 5.95 Å². The summed E-state index contributed by atoms with van der Waals surface area (Å²) in [6, 6.07) is 5.80. The fourth-order valence-electron chi connectivity index (χ4n) is 1.90. The van der Waals surface area contributed by atoms with Crippen molar-refractivity contribution in [3.8, 4) is 11.5 Å². The summed E-state index contributed by atoms with van der Waals surface area (Å²) >= 11 is 0. The monoisotopic (exact) mass is 306 g/mol. The molecule has 0 unspecified atom stereocenters. The first-order valence-corrected chi connectivity index (χ1v) is 7.04. The fourth-order valence-corrected chi connectivity index (χ4v) is 1.90. The van der Waals surface area contributed by atoms with E-state index in [1.165, 1.54) is 0 Å².